The van der Waals surface area contributed by atoms with E-state index < -0.39 is 5.97 Å². The van der Waals surface area contributed by atoms with E-state index in [2.05, 4.69) is 10.1 Å². The molecule has 29 heavy (non-hydrogen) atoms. The van der Waals surface area contributed by atoms with Crippen LogP contribution >= 0.6 is 0 Å². The highest BCUT2D eigenvalue weighted by atomic mass is 19.1. The van der Waals surface area contributed by atoms with Gasteiger partial charge >= 0.3 is 5.97 Å². The minimum Gasteiger partial charge on any atom is -0.481 e. The van der Waals surface area contributed by atoms with Crippen LogP contribution in [-0.4, -0.2) is 37.4 Å². The fourth-order valence-corrected chi connectivity index (χ4v) is 3.30. The third-order valence-electron chi connectivity index (χ3n) is 4.64. The number of halogens is 1. The van der Waals surface area contributed by atoms with Gasteiger partial charge in [0.2, 0.25) is 0 Å². The van der Waals surface area contributed by atoms with Crippen molar-refractivity contribution in [1.82, 2.24) is 19.2 Å². The normalized spacial score (nSPS) is 11.4. The van der Waals surface area contributed by atoms with Gasteiger partial charge in [0.05, 0.1) is 35.2 Å². The minimum absolute atomic E-state index is 0.0665. The molecular weight excluding hydrogens is 379 g/mol. The number of carboxylic acid groups (broad SMARTS) is 1. The fourth-order valence-electron chi connectivity index (χ4n) is 3.30. The summed E-state index contributed by atoms with van der Waals surface area (Å²) in [5, 5.41) is 13.7. The second-order valence-electron chi connectivity index (χ2n) is 6.51. The van der Waals surface area contributed by atoms with E-state index in [1.54, 1.807) is 36.0 Å². The van der Waals surface area contributed by atoms with E-state index >= 15 is 0 Å². The second-order valence-corrected chi connectivity index (χ2v) is 6.51. The van der Waals surface area contributed by atoms with Crippen molar-refractivity contribution >= 4 is 22.5 Å². The summed E-state index contributed by atoms with van der Waals surface area (Å²) in [6.07, 6.45) is 2.84. The first-order valence-electron chi connectivity index (χ1n) is 8.86. The molecule has 0 amide bonds. The summed E-state index contributed by atoms with van der Waals surface area (Å²) >= 11 is 0. The van der Waals surface area contributed by atoms with Crippen LogP contribution in [0.1, 0.15) is 12.1 Å². The van der Waals surface area contributed by atoms with Crippen LogP contribution in [0.5, 0.6) is 0 Å². The number of hydrogen-bond acceptors (Lipinski definition) is 5. The molecule has 0 fully saturated rings. The summed E-state index contributed by atoms with van der Waals surface area (Å²) in [6, 6.07) is 7.70. The zero-order valence-corrected chi connectivity index (χ0v) is 15.5. The molecule has 148 valence electrons. The van der Waals surface area contributed by atoms with Crippen LogP contribution in [0, 0.1) is 5.82 Å². The molecule has 0 unspecified atom stereocenters. The number of methoxy groups -OCH3 is 1. The monoisotopic (exact) mass is 396 g/mol. The molecule has 4 aromatic rings. The number of pyridine rings is 1. The van der Waals surface area contributed by atoms with Gasteiger partial charge in [0.1, 0.15) is 5.82 Å². The van der Waals surface area contributed by atoms with Gasteiger partial charge in [-0.2, -0.15) is 5.10 Å². The van der Waals surface area contributed by atoms with E-state index in [0.29, 0.717) is 27.8 Å². The van der Waals surface area contributed by atoms with Crippen molar-refractivity contribution in [3.8, 4) is 11.1 Å². The van der Waals surface area contributed by atoms with E-state index in [1.165, 1.54) is 22.9 Å². The Morgan fingerprint density at radius 3 is 2.69 bits per heavy atom. The Kier molecular flexibility index (Phi) is 4.81. The maximum Gasteiger partial charge on any atom is 0.305 e. The molecule has 1 aromatic carbocycles. The number of aromatic nitrogens is 4. The molecule has 4 rings (SSSR count). The average molecular weight is 396 g/mol. The molecule has 0 spiro atoms. The van der Waals surface area contributed by atoms with Gasteiger partial charge < -0.3 is 14.4 Å². The van der Waals surface area contributed by atoms with E-state index in [4.69, 9.17) is 9.84 Å². The summed E-state index contributed by atoms with van der Waals surface area (Å²) in [4.78, 5) is 28.0. The van der Waals surface area contributed by atoms with E-state index in [-0.39, 0.29) is 30.9 Å². The van der Waals surface area contributed by atoms with Gasteiger partial charge in [-0.1, -0.05) is 12.1 Å². The van der Waals surface area contributed by atoms with Crippen LogP contribution in [0.4, 0.5) is 4.39 Å². The number of ether oxygens (including phenoxy) is 1. The zero-order valence-electron chi connectivity index (χ0n) is 15.5. The summed E-state index contributed by atoms with van der Waals surface area (Å²) in [7, 11) is 1.55. The summed E-state index contributed by atoms with van der Waals surface area (Å²) in [6.45, 7) is 0.282. The molecule has 0 radical (unpaired) electrons. The molecular formula is C20H17FN4O4. The molecule has 3 aromatic heterocycles. The number of benzene rings is 1. The predicted octanol–water partition coefficient (Wildman–Crippen LogP) is 2.47. The van der Waals surface area contributed by atoms with Crippen LogP contribution in [0.3, 0.4) is 0 Å². The van der Waals surface area contributed by atoms with Crippen LogP contribution in [0.2, 0.25) is 0 Å². The Balaban J connectivity index is 1.93. The molecule has 1 N–H and O–H groups in total. The topological polar surface area (TPSA) is 98.7 Å². The Bertz CT molecular complexity index is 1280. The van der Waals surface area contributed by atoms with Gasteiger partial charge in [0.15, 0.2) is 5.65 Å². The van der Waals surface area contributed by atoms with Gasteiger partial charge in [-0.25, -0.2) is 13.9 Å². The largest absolute Gasteiger partial charge is 0.481 e. The van der Waals surface area contributed by atoms with Gasteiger partial charge in [0.25, 0.3) is 5.56 Å². The number of nitrogens with zero attached hydrogens (tertiary/aromatic N) is 4. The van der Waals surface area contributed by atoms with Gasteiger partial charge in [-0.05, 0) is 23.8 Å². The molecule has 3 heterocycles. The lowest BCUT2D eigenvalue weighted by Gasteiger charge is -2.07. The van der Waals surface area contributed by atoms with Crippen molar-refractivity contribution in [2.24, 2.45) is 0 Å². The Labute approximate surface area is 163 Å². The van der Waals surface area contributed by atoms with Gasteiger partial charge in [-0.15, -0.1) is 0 Å². The Morgan fingerprint density at radius 2 is 2.00 bits per heavy atom. The van der Waals surface area contributed by atoms with E-state index in [0.717, 1.165) is 5.56 Å². The van der Waals surface area contributed by atoms with Crippen LogP contribution in [-0.2, 0) is 22.7 Å². The molecule has 0 atom stereocenters. The number of fused-ring (bicyclic) bond motifs is 3. The standard InChI is InChI=1S/C20H17FN4O4/c1-29-11-15-18(12-2-4-13(21)5-3-12)19-22-10-14-16(25(19)23-15)6-8-24(20(14)28)9-7-17(26)27/h2-6,8,10H,7,9,11H2,1H3,(H,26,27). The van der Waals surface area contributed by atoms with Crippen molar-refractivity contribution in [2.75, 3.05) is 7.11 Å². The minimum atomic E-state index is -0.981. The molecule has 0 aliphatic carbocycles. The molecule has 0 aliphatic rings. The third kappa shape index (κ3) is 3.36. The molecule has 9 heteroatoms. The SMILES string of the molecule is COCc1nn2c(ncc3c(=O)n(CCC(=O)O)ccc32)c1-c1ccc(F)cc1. The first-order chi connectivity index (χ1) is 14.0. The lowest BCUT2D eigenvalue weighted by atomic mass is 10.1. The number of hydrogen-bond donors (Lipinski definition) is 1. The average Bonchev–Trinajstić information content (AvgIpc) is 3.07. The van der Waals surface area contributed by atoms with Crippen molar-refractivity contribution in [3.63, 3.8) is 0 Å². The van der Waals surface area contributed by atoms with Gasteiger partial charge in [0, 0.05) is 26.0 Å². The number of rotatable bonds is 6. The molecule has 0 aliphatic heterocycles. The summed E-state index contributed by atoms with van der Waals surface area (Å²) in [5.74, 6) is -1.33. The highest BCUT2D eigenvalue weighted by Crippen LogP contribution is 2.29. The smallest absolute Gasteiger partial charge is 0.305 e. The van der Waals surface area contributed by atoms with E-state index in [1.807, 2.05) is 0 Å². The second kappa shape index (κ2) is 7.44. The Morgan fingerprint density at radius 1 is 1.24 bits per heavy atom. The van der Waals surface area contributed by atoms with Crippen molar-refractivity contribution in [3.05, 3.63) is 64.6 Å². The maximum absolute atomic E-state index is 13.4. The van der Waals surface area contributed by atoms with Crippen LogP contribution in [0.15, 0.2) is 47.5 Å². The summed E-state index contributed by atoms with van der Waals surface area (Å²) < 4.78 is 21.5. The number of carbonyl (C=O) groups is 1. The number of carboxylic acids is 1. The molecule has 0 saturated carbocycles. The molecule has 8 nitrogen and oxygen atoms in total. The lowest BCUT2D eigenvalue weighted by molar-refractivity contribution is -0.137. The quantitative estimate of drug-likeness (QED) is 0.538. The van der Waals surface area contributed by atoms with Crippen molar-refractivity contribution in [2.45, 2.75) is 19.6 Å². The van der Waals surface area contributed by atoms with Crippen molar-refractivity contribution < 1.29 is 19.0 Å². The zero-order chi connectivity index (χ0) is 20.5. The highest BCUT2D eigenvalue weighted by molar-refractivity contribution is 5.86. The maximum atomic E-state index is 13.4. The molecule has 0 saturated heterocycles. The van der Waals surface area contributed by atoms with E-state index in [9.17, 15) is 14.0 Å². The fraction of sp³-hybridized carbons (Fsp3) is 0.200. The summed E-state index contributed by atoms with van der Waals surface area (Å²) in [5.41, 5.74) is 2.74. The number of aryl methyl sites for hydroxylation is 1. The third-order valence-corrected chi connectivity index (χ3v) is 4.64. The first-order valence-corrected chi connectivity index (χ1v) is 8.86. The van der Waals surface area contributed by atoms with Gasteiger partial charge in [-0.3, -0.25) is 9.59 Å². The Hall–Kier alpha value is -3.59. The first kappa shape index (κ1) is 18.8. The highest BCUT2D eigenvalue weighted by Gasteiger charge is 2.18. The van der Waals surface area contributed by atoms with Crippen LogP contribution in [0.25, 0.3) is 27.7 Å². The van der Waals surface area contributed by atoms with Crippen molar-refractivity contribution in [1.29, 1.82) is 0 Å². The lowest BCUT2D eigenvalue weighted by Crippen LogP contribution is -2.21. The number of aliphatic carboxylic acids is 1. The predicted molar refractivity (Wildman–Crippen MR) is 103 cm³/mol. The molecule has 0 bridgehead atoms. The van der Waals surface area contributed by atoms with Crippen LogP contribution < -0.4 is 5.56 Å².